The molecule has 1 aliphatic heterocycles. The number of rotatable bonds is 2. The third-order valence-corrected chi connectivity index (χ3v) is 3.79. The standard InChI is InChI=1S/C13H22N2O/c1-9(2)12-10(3)14-15(13(12)16)11-7-5-4-6-8-11/h9,11-12H,4-8H2,1-3H3. The average molecular weight is 222 g/mol. The van der Waals surface area contributed by atoms with Crippen molar-refractivity contribution in [1.29, 1.82) is 0 Å². The Labute approximate surface area is 97.9 Å². The molecule has 2 aliphatic rings. The Hall–Kier alpha value is -0.860. The Morgan fingerprint density at radius 3 is 2.38 bits per heavy atom. The van der Waals surface area contributed by atoms with Crippen molar-refractivity contribution in [3.8, 4) is 0 Å². The quantitative estimate of drug-likeness (QED) is 0.707. The molecule has 0 bridgehead atoms. The smallest absolute Gasteiger partial charge is 0.252 e. The van der Waals surface area contributed by atoms with Crippen LogP contribution < -0.4 is 0 Å². The zero-order chi connectivity index (χ0) is 11.7. The van der Waals surface area contributed by atoms with Gasteiger partial charge in [0.2, 0.25) is 0 Å². The summed E-state index contributed by atoms with van der Waals surface area (Å²) in [7, 11) is 0. The van der Waals surface area contributed by atoms with Gasteiger partial charge >= 0.3 is 0 Å². The van der Waals surface area contributed by atoms with E-state index >= 15 is 0 Å². The van der Waals surface area contributed by atoms with E-state index in [2.05, 4.69) is 18.9 Å². The monoisotopic (exact) mass is 222 g/mol. The molecule has 1 amide bonds. The molecule has 1 fully saturated rings. The predicted molar refractivity (Wildman–Crippen MR) is 65.2 cm³/mol. The molecule has 3 heteroatoms. The van der Waals surface area contributed by atoms with Crippen molar-refractivity contribution in [2.24, 2.45) is 16.9 Å². The lowest BCUT2D eigenvalue weighted by molar-refractivity contribution is -0.135. The highest BCUT2D eigenvalue weighted by molar-refractivity contribution is 6.07. The van der Waals surface area contributed by atoms with Gasteiger partial charge in [-0.25, -0.2) is 5.01 Å². The lowest BCUT2D eigenvalue weighted by Gasteiger charge is -2.28. The van der Waals surface area contributed by atoms with Crippen molar-refractivity contribution in [3.63, 3.8) is 0 Å². The highest BCUT2D eigenvalue weighted by Gasteiger charge is 2.38. The first kappa shape index (κ1) is 11.6. The topological polar surface area (TPSA) is 32.7 Å². The van der Waals surface area contributed by atoms with Crippen LogP contribution >= 0.6 is 0 Å². The van der Waals surface area contributed by atoms with Crippen molar-refractivity contribution in [2.45, 2.75) is 58.9 Å². The van der Waals surface area contributed by atoms with Crippen LogP contribution in [0.25, 0.3) is 0 Å². The molecule has 1 unspecified atom stereocenters. The average Bonchev–Trinajstić information content (AvgIpc) is 2.55. The molecule has 16 heavy (non-hydrogen) atoms. The van der Waals surface area contributed by atoms with Gasteiger partial charge in [0.05, 0.1) is 12.0 Å². The number of nitrogens with zero attached hydrogens (tertiary/aromatic N) is 2. The van der Waals surface area contributed by atoms with Crippen LogP contribution in [0.5, 0.6) is 0 Å². The molecule has 90 valence electrons. The second kappa shape index (κ2) is 4.56. The maximum Gasteiger partial charge on any atom is 0.252 e. The van der Waals surface area contributed by atoms with Gasteiger partial charge in [-0.3, -0.25) is 4.79 Å². The number of hydrogen-bond donors (Lipinski definition) is 0. The van der Waals surface area contributed by atoms with E-state index in [0.717, 1.165) is 18.6 Å². The summed E-state index contributed by atoms with van der Waals surface area (Å²) in [6.07, 6.45) is 6.07. The Kier molecular flexibility index (Phi) is 3.31. The molecule has 1 atom stereocenters. The molecular formula is C13H22N2O. The zero-order valence-corrected chi connectivity index (χ0v) is 10.6. The molecule has 1 saturated carbocycles. The molecule has 0 spiro atoms. The fraction of sp³-hybridized carbons (Fsp3) is 0.846. The summed E-state index contributed by atoms with van der Waals surface area (Å²) in [4.78, 5) is 12.3. The van der Waals surface area contributed by atoms with Crippen molar-refractivity contribution < 1.29 is 4.79 Å². The van der Waals surface area contributed by atoms with E-state index in [4.69, 9.17) is 0 Å². The van der Waals surface area contributed by atoms with Gasteiger partial charge in [0, 0.05) is 5.71 Å². The van der Waals surface area contributed by atoms with Crippen LogP contribution in [0.3, 0.4) is 0 Å². The van der Waals surface area contributed by atoms with Gasteiger partial charge in [-0.05, 0) is 25.7 Å². The molecule has 1 heterocycles. The van der Waals surface area contributed by atoms with Gasteiger partial charge in [-0.15, -0.1) is 0 Å². The molecule has 0 aromatic rings. The van der Waals surface area contributed by atoms with Crippen LogP contribution in [0.15, 0.2) is 5.10 Å². The normalized spacial score (nSPS) is 27.8. The molecular weight excluding hydrogens is 200 g/mol. The highest BCUT2D eigenvalue weighted by Crippen LogP contribution is 2.30. The van der Waals surface area contributed by atoms with Gasteiger partial charge in [0.25, 0.3) is 5.91 Å². The second-order valence-corrected chi connectivity index (χ2v) is 5.44. The maximum atomic E-state index is 12.3. The molecule has 0 saturated heterocycles. The third-order valence-electron chi connectivity index (χ3n) is 3.79. The number of carbonyl (C=O) groups is 1. The van der Waals surface area contributed by atoms with Crippen LogP contribution in [0, 0.1) is 11.8 Å². The number of hydrazone groups is 1. The van der Waals surface area contributed by atoms with Crippen molar-refractivity contribution in [1.82, 2.24) is 5.01 Å². The summed E-state index contributed by atoms with van der Waals surface area (Å²) in [6, 6.07) is 0.375. The van der Waals surface area contributed by atoms with E-state index in [1.807, 2.05) is 6.92 Å². The Balaban J connectivity index is 2.10. The largest absolute Gasteiger partial charge is 0.272 e. The van der Waals surface area contributed by atoms with Gasteiger partial charge in [-0.1, -0.05) is 33.1 Å². The second-order valence-electron chi connectivity index (χ2n) is 5.44. The number of carbonyl (C=O) groups excluding carboxylic acids is 1. The third kappa shape index (κ3) is 2.00. The van der Waals surface area contributed by atoms with E-state index in [0.29, 0.717) is 12.0 Å². The number of amides is 1. The molecule has 2 rings (SSSR count). The van der Waals surface area contributed by atoms with Crippen LogP contribution in [0.1, 0.15) is 52.9 Å². The minimum absolute atomic E-state index is 0.0296. The summed E-state index contributed by atoms with van der Waals surface area (Å²) in [5.41, 5.74) is 1.01. The molecule has 1 aliphatic carbocycles. The minimum atomic E-state index is 0.0296. The first-order valence-corrected chi connectivity index (χ1v) is 6.49. The lowest BCUT2D eigenvalue weighted by Crippen LogP contribution is -2.38. The van der Waals surface area contributed by atoms with Gasteiger partial charge in [0.15, 0.2) is 0 Å². The van der Waals surface area contributed by atoms with Crippen molar-refractivity contribution in [2.75, 3.05) is 0 Å². The van der Waals surface area contributed by atoms with E-state index in [9.17, 15) is 4.79 Å². The summed E-state index contributed by atoms with van der Waals surface area (Å²) in [5, 5.41) is 6.29. The van der Waals surface area contributed by atoms with Gasteiger partial charge in [0.1, 0.15) is 0 Å². The summed E-state index contributed by atoms with van der Waals surface area (Å²) >= 11 is 0. The summed E-state index contributed by atoms with van der Waals surface area (Å²) < 4.78 is 0. The first-order valence-electron chi connectivity index (χ1n) is 6.49. The first-order chi connectivity index (χ1) is 7.61. The number of hydrogen-bond acceptors (Lipinski definition) is 2. The molecule has 0 aromatic heterocycles. The Morgan fingerprint density at radius 2 is 1.88 bits per heavy atom. The van der Waals surface area contributed by atoms with Gasteiger partial charge < -0.3 is 0 Å². The highest BCUT2D eigenvalue weighted by atomic mass is 16.2. The Bertz CT molecular complexity index is 303. The summed E-state index contributed by atoms with van der Waals surface area (Å²) in [6.45, 7) is 6.20. The van der Waals surface area contributed by atoms with E-state index in [1.54, 1.807) is 5.01 Å². The van der Waals surface area contributed by atoms with Crippen LogP contribution in [-0.4, -0.2) is 22.7 Å². The molecule has 0 aromatic carbocycles. The van der Waals surface area contributed by atoms with E-state index < -0.39 is 0 Å². The predicted octanol–water partition coefficient (Wildman–Crippen LogP) is 2.81. The van der Waals surface area contributed by atoms with E-state index in [1.165, 1.54) is 19.3 Å². The fourth-order valence-corrected chi connectivity index (χ4v) is 2.96. The Morgan fingerprint density at radius 1 is 1.25 bits per heavy atom. The molecule has 0 N–H and O–H groups in total. The minimum Gasteiger partial charge on any atom is -0.272 e. The van der Waals surface area contributed by atoms with E-state index in [-0.39, 0.29) is 11.8 Å². The fourth-order valence-electron chi connectivity index (χ4n) is 2.96. The molecule has 0 radical (unpaired) electrons. The van der Waals surface area contributed by atoms with Crippen LogP contribution in [0.4, 0.5) is 0 Å². The molecule has 3 nitrogen and oxygen atoms in total. The summed E-state index contributed by atoms with van der Waals surface area (Å²) in [5.74, 6) is 0.631. The van der Waals surface area contributed by atoms with Gasteiger partial charge in [-0.2, -0.15) is 5.10 Å². The van der Waals surface area contributed by atoms with Crippen LogP contribution in [-0.2, 0) is 4.79 Å². The SMILES string of the molecule is CC1=NN(C2CCCCC2)C(=O)C1C(C)C. The van der Waals surface area contributed by atoms with Crippen LogP contribution in [0.2, 0.25) is 0 Å². The lowest BCUT2D eigenvalue weighted by atomic mass is 9.90. The van der Waals surface area contributed by atoms with Crippen molar-refractivity contribution in [3.05, 3.63) is 0 Å². The zero-order valence-electron chi connectivity index (χ0n) is 10.6. The maximum absolute atomic E-state index is 12.3. The van der Waals surface area contributed by atoms with Crippen molar-refractivity contribution >= 4 is 11.6 Å².